The van der Waals surface area contributed by atoms with Crippen molar-refractivity contribution in [3.8, 4) is 22.6 Å². The van der Waals surface area contributed by atoms with Crippen LogP contribution >= 0.6 is 0 Å². The number of amides is 1. The molecule has 0 spiro atoms. The third kappa shape index (κ3) is 4.54. The standard InChI is InChI=1S/C27H29N3O5S/c1-6-28-26(31)22-14-20-21(15-30(5)27(32)24(20)29-22)19-13-18(36(33,34)7-2)11-12-23(19)35-25-16(3)9-8-10-17(25)4/h8-15,29H,6-7H2,1-5H3,(H,28,31). The highest BCUT2D eigenvalue weighted by molar-refractivity contribution is 7.91. The molecule has 1 amide bonds. The van der Waals surface area contributed by atoms with Crippen molar-refractivity contribution in [3.63, 3.8) is 0 Å². The molecular weight excluding hydrogens is 478 g/mol. The number of hydrogen-bond donors (Lipinski definition) is 2. The van der Waals surface area contributed by atoms with Crippen molar-refractivity contribution >= 4 is 26.6 Å². The maximum Gasteiger partial charge on any atom is 0.274 e. The highest BCUT2D eigenvalue weighted by Gasteiger charge is 2.22. The second-order valence-corrected chi connectivity index (χ2v) is 11.0. The fourth-order valence-corrected chi connectivity index (χ4v) is 5.07. The van der Waals surface area contributed by atoms with Crippen molar-refractivity contribution in [1.29, 1.82) is 0 Å². The molecule has 2 aromatic carbocycles. The van der Waals surface area contributed by atoms with E-state index in [2.05, 4.69) is 10.3 Å². The molecule has 0 radical (unpaired) electrons. The zero-order valence-electron chi connectivity index (χ0n) is 20.9. The van der Waals surface area contributed by atoms with E-state index in [1.54, 1.807) is 38.4 Å². The number of sulfone groups is 1. The number of hydrogen-bond acceptors (Lipinski definition) is 5. The molecule has 0 aliphatic carbocycles. The molecule has 0 fully saturated rings. The highest BCUT2D eigenvalue weighted by Crippen LogP contribution is 2.40. The molecule has 2 heterocycles. The lowest BCUT2D eigenvalue weighted by Gasteiger charge is -2.17. The molecule has 0 atom stereocenters. The Bertz CT molecular complexity index is 1630. The van der Waals surface area contributed by atoms with Crippen molar-refractivity contribution in [2.24, 2.45) is 7.05 Å². The van der Waals surface area contributed by atoms with E-state index in [0.29, 0.717) is 34.6 Å². The Kier molecular flexibility index (Phi) is 6.77. The number of benzene rings is 2. The highest BCUT2D eigenvalue weighted by atomic mass is 32.2. The van der Waals surface area contributed by atoms with Crippen LogP contribution in [0.2, 0.25) is 0 Å². The van der Waals surface area contributed by atoms with Crippen LogP contribution in [0.25, 0.3) is 22.0 Å². The summed E-state index contributed by atoms with van der Waals surface area (Å²) in [7, 11) is -1.91. The number of aryl methyl sites for hydroxylation is 3. The number of nitrogens with zero attached hydrogens (tertiary/aromatic N) is 1. The number of aromatic nitrogens is 2. The van der Waals surface area contributed by atoms with Gasteiger partial charge in [-0.25, -0.2) is 8.42 Å². The molecule has 2 aromatic heterocycles. The number of aromatic amines is 1. The quantitative estimate of drug-likeness (QED) is 0.383. The van der Waals surface area contributed by atoms with Crippen LogP contribution in [0.4, 0.5) is 0 Å². The zero-order chi connectivity index (χ0) is 26.2. The molecule has 0 aliphatic rings. The number of para-hydroxylation sites is 1. The minimum Gasteiger partial charge on any atom is -0.456 e. The van der Waals surface area contributed by atoms with Crippen molar-refractivity contribution in [1.82, 2.24) is 14.9 Å². The average molecular weight is 508 g/mol. The first-order valence-corrected chi connectivity index (χ1v) is 13.3. The van der Waals surface area contributed by atoms with Crippen molar-refractivity contribution in [2.75, 3.05) is 12.3 Å². The van der Waals surface area contributed by atoms with Crippen LogP contribution in [0.3, 0.4) is 0 Å². The molecular formula is C27H29N3O5S. The first-order chi connectivity index (χ1) is 17.1. The van der Waals surface area contributed by atoms with Crippen LogP contribution in [-0.2, 0) is 16.9 Å². The summed E-state index contributed by atoms with van der Waals surface area (Å²) in [5, 5.41) is 3.22. The minimum absolute atomic E-state index is 0.0578. The van der Waals surface area contributed by atoms with E-state index in [0.717, 1.165) is 11.1 Å². The number of H-pyrrole nitrogens is 1. The first kappa shape index (κ1) is 25.2. The van der Waals surface area contributed by atoms with Gasteiger partial charge in [-0.2, -0.15) is 0 Å². The van der Waals surface area contributed by atoms with Crippen LogP contribution in [-0.4, -0.2) is 36.2 Å². The summed E-state index contributed by atoms with van der Waals surface area (Å²) in [5.41, 5.74) is 3.10. The van der Waals surface area contributed by atoms with Crippen LogP contribution in [0.5, 0.6) is 11.5 Å². The smallest absolute Gasteiger partial charge is 0.274 e. The minimum atomic E-state index is -3.52. The van der Waals surface area contributed by atoms with E-state index >= 15 is 0 Å². The SMILES string of the molecule is CCNC(=O)c1cc2c(-c3cc(S(=O)(=O)CC)ccc3Oc3c(C)cccc3C)cn(C)c(=O)c2[nH]1. The van der Waals surface area contributed by atoms with Gasteiger partial charge < -0.3 is 19.6 Å². The lowest BCUT2D eigenvalue weighted by Crippen LogP contribution is -2.23. The van der Waals surface area contributed by atoms with Gasteiger partial charge in [0, 0.05) is 36.3 Å². The Balaban J connectivity index is 2.03. The monoisotopic (exact) mass is 507 g/mol. The lowest BCUT2D eigenvalue weighted by molar-refractivity contribution is 0.0951. The molecule has 8 nitrogen and oxygen atoms in total. The van der Waals surface area contributed by atoms with Gasteiger partial charge >= 0.3 is 0 Å². The molecule has 0 aliphatic heterocycles. The third-order valence-electron chi connectivity index (χ3n) is 6.15. The van der Waals surface area contributed by atoms with Gasteiger partial charge in [0.2, 0.25) is 0 Å². The fraction of sp³-hybridized carbons (Fsp3) is 0.259. The number of carbonyl (C=O) groups is 1. The summed E-state index contributed by atoms with van der Waals surface area (Å²) in [6.07, 6.45) is 1.63. The predicted molar refractivity (Wildman–Crippen MR) is 141 cm³/mol. The van der Waals surface area contributed by atoms with Crippen molar-refractivity contribution in [2.45, 2.75) is 32.6 Å². The number of fused-ring (bicyclic) bond motifs is 1. The second kappa shape index (κ2) is 9.66. The molecule has 4 rings (SSSR count). The molecule has 0 saturated carbocycles. The van der Waals surface area contributed by atoms with Crippen LogP contribution in [0.15, 0.2) is 58.4 Å². The molecule has 0 bridgehead atoms. The maximum absolute atomic E-state index is 12.9. The second-order valence-electron chi connectivity index (χ2n) is 8.67. The van der Waals surface area contributed by atoms with Gasteiger partial charge in [0.15, 0.2) is 9.84 Å². The maximum atomic E-state index is 12.9. The van der Waals surface area contributed by atoms with E-state index < -0.39 is 9.84 Å². The normalized spacial score (nSPS) is 11.6. The number of ether oxygens (including phenoxy) is 1. The Morgan fingerprint density at radius 2 is 1.75 bits per heavy atom. The molecule has 36 heavy (non-hydrogen) atoms. The van der Waals surface area contributed by atoms with Gasteiger partial charge in [0.1, 0.15) is 22.7 Å². The predicted octanol–water partition coefficient (Wildman–Crippen LogP) is 4.49. The molecule has 9 heteroatoms. The van der Waals surface area contributed by atoms with E-state index in [1.165, 1.54) is 10.6 Å². The van der Waals surface area contributed by atoms with Gasteiger partial charge in [0.05, 0.1) is 10.6 Å². The van der Waals surface area contributed by atoms with E-state index in [1.807, 2.05) is 39.0 Å². The Morgan fingerprint density at radius 1 is 1.06 bits per heavy atom. The van der Waals surface area contributed by atoms with Gasteiger partial charge in [-0.1, -0.05) is 25.1 Å². The zero-order valence-corrected chi connectivity index (χ0v) is 21.7. The van der Waals surface area contributed by atoms with E-state index in [-0.39, 0.29) is 33.3 Å². The molecule has 4 aromatic rings. The summed E-state index contributed by atoms with van der Waals surface area (Å²) >= 11 is 0. The number of carbonyl (C=O) groups excluding carboxylic acids is 1. The summed E-state index contributed by atoms with van der Waals surface area (Å²) in [6.45, 7) is 7.71. The lowest BCUT2D eigenvalue weighted by atomic mass is 10.0. The number of rotatable bonds is 7. The molecule has 2 N–H and O–H groups in total. The topological polar surface area (TPSA) is 110 Å². The van der Waals surface area contributed by atoms with Gasteiger partial charge in [-0.05, 0) is 56.2 Å². The largest absolute Gasteiger partial charge is 0.456 e. The average Bonchev–Trinajstić information content (AvgIpc) is 3.30. The summed E-state index contributed by atoms with van der Waals surface area (Å²) in [4.78, 5) is 28.5. The van der Waals surface area contributed by atoms with Gasteiger partial charge in [0.25, 0.3) is 11.5 Å². The van der Waals surface area contributed by atoms with Gasteiger partial charge in [-0.15, -0.1) is 0 Å². The van der Waals surface area contributed by atoms with E-state index in [4.69, 9.17) is 4.74 Å². The Hall–Kier alpha value is -3.85. The molecule has 188 valence electrons. The molecule has 0 saturated heterocycles. The molecule has 0 unspecified atom stereocenters. The van der Waals surface area contributed by atoms with Crippen LogP contribution in [0.1, 0.15) is 35.5 Å². The summed E-state index contributed by atoms with van der Waals surface area (Å²) < 4.78 is 33.3. The van der Waals surface area contributed by atoms with Crippen LogP contribution < -0.4 is 15.6 Å². The van der Waals surface area contributed by atoms with Crippen molar-refractivity contribution < 1.29 is 17.9 Å². The summed E-state index contributed by atoms with van der Waals surface area (Å²) in [6, 6.07) is 12.2. The Morgan fingerprint density at radius 3 is 2.39 bits per heavy atom. The van der Waals surface area contributed by atoms with Gasteiger partial charge in [-0.3, -0.25) is 9.59 Å². The summed E-state index contributed by atoms with van der Waals surface area (Å²) in [5.74, 6) is 0.708. The number of nitrogens with one attached hydrogen (secondary N) is 2. The van der Waals surface area contributed by atoms with E-state index in [9.17, 15) is 18.0 Å². The Labute approximate surface area is 209 Å². The van der Waals surface area contributed by atoms with Crippen molar-refractivity contribution in [3.05, 3.63) is 75.8 Å². The number of pyridine rings is 1. The fourth-order valence-electron chi connectivity index (χ4n) is 4.17. The van der Waals surface area contributed by atoms with Crippen LogP contribution in [0, 0.1) is 13.8 Å². The first-order valence-electron chi connectivity index (χ1n) is 11.7. The third-order valence-corrected chi connectivity index (χ3v) is 7.88.